The number of anilines is 1. The van der Waals surface area contributed by atoms with Crippen LogP contribution in [0.1, 0.15) is 45.4 Å². The van der Waals surface area contributed by atoms with E-state index in [-0.39, 0.29) is 12.5 Å². The lowest BCUT2D eigenvalue weighted by Crippen LogP contribution is -2.33. The average molecular weight is 494 g/mol. The number of benzene rings is 1. The molecule has 0 fully saturated rings. The molecular weight excluding hydrogens is 466 g/mol. The highest BCUT2D eigenvalue weighted by atomic mass is 16.5. The predicted molar refractivity (Wildman–Crippen MR) is 138 cm³/mol. The van der Waals surface area contributed by atoms with Gasteiger partial charge in [0, 0.05) is 55.5 Å². The highest BCUT2D eigenvalue weighted by Crippen LogP contribution is 2.32. The van der Waals surface area contributed by atoms with Gasteiger partial charge < -0.3 is 15.0 Å². The van der Waals surface area contributed by atoms with Crippen LogP contribution in [0.25, 0.3) is 10.9 Å². The van der Waals surface area contributed by atoms with Crippen molar-refractivity contribution in [2.45, 2.75) is 38.5 Å². The number of nitriles is 1. The van der Waals surface area contributed by atoms with Crippen molar-refractivity contribution >= 4 is 22.6 Å². The molecule has 9 heteroatoms. The van der Waals surface area contributed by atoms with Gasteiger partial charge in [0.2, 0.25) is 0 Å². The van der Waals surface area contributed by atoms with Crippen molar-refractivity contribution < 1.29 is 9.53 Å². The van der Waals surface area contributed by atoms with Crippen LogP contribution in [0.4, 0.5) is 5.82 Å². The fourth-order valence-electron chi connectivity index (χ4n) is 5.13. The summed E-state index contributed by atoms with van der Waals surface area (Å²) in [4.78, 5) is 24.6. The molecule has 0 spiro atoms. The monoisotopic (exact) mass is 493 g/mol. The largest absolute Gasteiger partial charge is 0.375 e. The maximum Gasteiger partial charge on any atom is 0.251 e. The van der Waals surface area contributed by atoms with Gasteiger partial charge in [-0.05, 0) is 48.4 Å². The zero-order valence-electron chi connectivity index (χ0n) is 20.9. The fourth-order valence-corrected chi connectivity index (χ4v) is 5.13. The van der Waals surface area contributed by atoms with Crippen LogP contribution in [-0.2, 0) is 43.3 Å². The molecule has 2 aliphatic heterocycles. The SMILES string of the molecule is Cn1cc2c(n1)CCN(c1ccc3cnc(CNC(=O)c4ccc5c(c4)[C@](C)(C#N)COC5)cc3n1)C2. The van der Waals surface area contributed by atoms with E-state index >= 15 is 0 Å². The third-order valence-corrected chi connectivity index (χ3v) is 7.20. The molecule has 3 aromatic heterocycles. The number of aromatic nitrogens is 4. The second-order valence-corrected chi connectivity index (χ2v) is 9.98. The summed E-state index contributed by atoms with van der Waals surface area (Å²) in [5, 5.41) is 18.1. The molecule has 5 heterocycles. The van der Waals surface area contributed by atoms with Crippen LogP contribution < -0.4 is 10.2 Å². The summed E-state index contributed by atoms with van der Waals surface area (Å²) >= 11 is 0. The summed E-state index contributed by atoms with van der Waals surface area (Å²) in [7, 11) is 1.95. The summed E-state index contributed by atoms with van der Waals surface area (Å²) in [6.45, 7) is 4.54. The fraction of sp³-hybridized carbons (Fsp3) is 0.321. The van der Waals surface area contributed by atoms with E-state index in [9.17, 15) is 10.1 Å². The number of pyridine rings is 2. The van der Waals surface area contributed by atoms with Crippen LogP contribution in [0.2, 0.25) is 0 Å². The molecule has 0 aliphatic carbocycles. The molecule has 0 saturated heterocycles. The highest BCUT2D eigenvalue weighted by molar-refractivity contribution is 5.94. The lowest BCUT2D eigenvalue weighted by molar-refractivity contribution is 0.0757. The summed E-state index contributed by atoms with van der Waals surface area (Å²) < 4.78 is 7.43. The Hall–Kier alpha value is -4.29. The molecule has 6 rings (SSSR count). The Morgan fingerprint density at radius 1 is 1.24 bits per heavy atom. The summed E-state index contributed by atoms with van der Waals surface area (Å²) in [5.41, 5.74) is 5.51. The van der Waals surface area contributed by atoms with Crippen molar-refractivity contribution in [1.29, 1.82) is 5.26 Å². The minimum Gasteiger partial charge on any atom is -0.375 e. The first-order valence-corrected chi connectivity index (χ1v) is 12.3. The lowest BCUT2D eigenvalue weighted by Gasteiger charge is -2.30. The van der Waals surface area contributed by atoms with Gasteiger partial charge in [-0.15, -0.1) is 0 Å². The van der Waals surface area contributed by atoms with Crippen LogP contribution in [0, 0.1) is 11.3 Å². The van der Waals surface area contributed by atoms with Gasteiger partial charge in [0.15, 0.2) is 0 Å². The zero-order chi connectivity index (χ0) is 25.6. The third kappa shape index (κ3) is 4.30. The van der Waals surface area contributed by atoms with Crippen LogP contribution in [0.5, 0.6) is 0 Å². The molecule has 186 valence electrons. The Morgan fingerprint density at radius 3 is 3.00 bits per heavy atom. The number of rotatable bonds is 4. The maximum atomic E-state index is 12.9. The van der Waals surface area contributed by atoms with E-state index in [2.05, 4.69) is 32.6 Å². The van der Waals surface area contributed by atoms with E-state index in [1.807, 2.05) is 49.0 Å². The van der Waals surface area contributed by atoms with E-state index in [0.29, 0.717) is 18.8 Å². The number of nitrogens with zero attached hydrogens (tertiary/aromatic N) is 6. The van der Waals surface area contributed by atoms with Crippen molar-refractivity contribution in [1.82, 2.24) is 25.1 Å². The van der Waals surface area contributed by atoms with Crippen molar-refractivity contribution in [3.63, 3.8) is 0 Å². The Balaban J connectivity index is 1.18. The standard InChI is InChI=1S/C28H27N7O2/c1-28(16-29)17-37-15-20-4-3-18(9-23(20)28)27(36)31-12-22-10-25-19(11-30-22)5-6-26(32-25)35-8-7-24-21(14-35)13-34(2)33-24/h3-6,9-11,13H,7-8,12,14-15,17H2,1-2H3,(H,31,36)/t28-/m1/s1. The van der Waals surface area contributed by atoms with E-state index < -0.39 is 5.41 Å². The topological polar surface area (TPSA) is 109 Å². The lowest BCUT2D eigenvalue weighted by atomic mass is 9.79. The second kappa shape index (κ2) is 8.98. The maximum absolute atomic E-state index is 12.9. The van der Waals surface area contributed by atoms with Crippen LogP contribution in [0.15, 0.2) is 48.8 Å². The van der Waals surface area contributed by atoms with E-state index in [1.165, 1.54) is 5.56 Å². The van der Waals surface area contributed by atoms with Gasteiger partial charge in [0.25, 0.3) is 5.91 Å². The first-order chi connectivity index (χ1) is 17.9. The zero-order valence-corrected chi connectivity index (χ0v) is 20.9. The van der Waals surface area contributed by atoms with Gasteiger partial charge >= 0.3 is 0 Å². The second-order valence-electron chi connectivity index (χ2n) is 9.98. The van der Waals surface area contributed by atoms with Crippen LogP contribution >= 0.6 is 0 Å². The molecule has 1 aromatic carbocycles. The normalized spacial score (nSPS) is 18.7. The number of hydrogen-bond acceptors (Lipinski definition) is 7. The molecule has 0 radical (unpaired) electrons. The summed E-state index contributed by atoms with van der Waals surface area (Å²) in [5.74, 6) is 0.709. The number of fused-ring (bicyclic) bond motifs is 3. The molecule has 0 unspecified atom stereocenters. The number of amides is 1. The smallest absolute Gasteiger partial charge is 0.251 e. The van der Waals surface area contributed by atoms with E-state index in [1.54, 1.807) is 12.3 Å². The van der Waals surface area contributed by atoms with Gasteiger partial charge in [-0.25, -0.2) is 4.98 Å². The molecule has 0 bridgehead atoms. The van der Waals surface area contributed by atoms with Crippen LogP contribution in [0.3, 0.4) is 0 Å². The van der Waals surface area contributed by atoms with E-state index in [0.717, 1.165) is 58.7 Å². The first-order valence-electron chi connectivity index (χ1n) is 12.3. The molecular formula is C28H27N7O2. The van der Waals surface area contributed by atoms with E-state index in [4.69, 9.17) is 9.72 Å². The van der Waals surface area contributed by atoms with Gasteiger partial charge in [0.1, 0.15) is 11.2 Å². The van der Waals surface area contributed by atoms with Gasteiger partial charge in [0.05, 0.1) is 42.7 Å². The quantitative estimate of drug-likeness (QED) is 0.465. The van der Waals surface area contributed by atoms with Gasteiger partial charge in [-0.1, -0.05) is 6.07 Å². The molecule has 9 nitrogen and oxygen atoms in total. The number of nitrogens with one attached hydrogen (secondary N) is 1. The first kappa shape index (κ1) is 23.1. The van der Waals surface area contributed by atoms with Gasteiger partial charge in [-0.3, -0.25) is 14.5 Å². The minimum atomic E-state index is -0.764. The third-order valence-electron chi connectivity index (χ3n) is 7.20. The molecule has 1 atom stereocenters. The Bertz CT molecular complexity index is 1570. The molecule has 0 saturated carbocycles. The predicted octanol–water partition coefficient (Wildman–Crippen LogP) is 3.17. The molecule has 4 aromatic rings. The molecule has 1 N–H and O–H groups in total. The number of aryl methyl sites for hydroxylation is 1. The number of hydrogen-bond donors (Lipinski definition) is 1. The summed E-state index contributed by atoms with van der Waals surface area (Å²) in [6, 6.07) is 13.8. The van der Waals surface area contributed by atoms with Crippen molar-refractivity contribution in [2.24, 2.45) is 7.05 Å². The van der Waals surface area contributed by atoms with Crippen molar-refractivity contribution in [2.75, 3.05) is 18.1 Å². The Kier molecular flexibility index (Phi) is 5.61. The highest BCUT2D eigenvalue weighted by Gasteiger charge is 2.33. The van der Waals surface area contributed by atoms with Crippen LogP contribution in [-0.4, -0.2) is 38.8 Å². The number of carbonyl (C=O) groups excluding carboxylic acids is 1. The summed E-state index contributed by atoms with van der Waals surface area (Å²) in [6.07, 6.45) is 4.76. The molecule has 37 heavy (non-hydrogen) atoms. The van der Waals surface area contributed by atoms with Gasteiger partial charge in [-0.2, -0.15) is 10.4 Å². The number of carbonyl (C=O) groups is 1. The molecule has 2 aliphatic rings. The number of ether oxygens (including phenoxy) is 1. The minimum absolute atomic E-state index is 0.209. The average Bonchev–Trinajstić information content (AvgIpc) is 3.30. The Labute approximate surface area is 214 Å². The van der Waals surface area contributed by atoms with Crippen molar-refractivity contribution in [3.05, 3.63) is 82.4 Å². The molecule has 1 amide bonds. The van der Waals surface area contributed by atoms with Crippen molar-refractivity contribution in [3.8, 4) is 6.07 Å². The Morgan fingerprint density at radius 2 is 2.14 bits per heavy atom.